The number of aromatic nitrogens is 2. The molecule has 3 rings (SSSR count). The predicted molar refractivity (Wildman–Crippen MR) is 122 cm³/mol. The highest BCUT2D eigenvalue weighted by atomic mass is 35.6. The number of hydrogen-bond acceptors (Lipinski definition) is 7. The van der Waals surface area contributed by atoms with Crippen LogP contribution >= 0.6 is 46.6 Å². The highest BCUT2D eigenvalue weighted by molar-refractivity contribution is 7.98. The third-order valence-corrected chi connectivity index (χ3v) is 5.21. The lowest BCUT2D eigenvalue weighted by atomic mass is 10.0. The maximum atomic E-state index is 12.0. The largest absolute Gasteiger partial charge is 0.445 e. The molecule has 1 aromatic heterocycles. The van der Waals surface area contributed by atoms with E-state index in [0.29, 0.717) is 24.1 Å². The molecule has 1 aliphatic rings. The molecule has 2 heterocycles. The first kappa shape index (κ1) is 23.2. The maximum Gasteiger partial charge on any atom is 0.411 e. The number of nitrogens with zero attached hydrogens (tertiary/aromatic N) is 3. The predicted octanol–water partition coefficient (Wildman–Crippen LogP) is 4.93. The molecule has 1 aliphatic heterocycles. The summed E-state index contributed by atoms with van der Waals surface area (Å²) in [6.45, 7) is 4.52. The minimum Gasteiger partial charge on any atom is -0.445 e. The van der Waals surface area contributed by atoms with Crippen LogP contribution in [0.1, 0.15) is 5.56 Å². The number of hydrogen-bond donors (Lipinski definition) is 1. The van der Waals surface area contributed by atoms with E-state index in [4.69, 9.17) is 44.3 Å². The van der Waals surface area contributed by atoms with Gasteiger partial charge in [-0.3, -0.25) is 5.32 Å². The van der Waals surface area contributed by atoms with Crippen LogP contribution in [0, 0.1) is 6.92 Å². The van der Waals surface area contributed by atoms with Crippen molar-refractivity contribution in [3.8, 4) is 11.3 Å². The molecule has 2 aromatic rings. The molecule has 0 unspecified atom stereocenters. The molecule has 0 atom stereocenters. The Kier molecular flexibility index (Phi) is 7.92. The lowest BCUT2D eigenvalue weighted by Crippen LogP contribution is -2.36. The third-order valence-electron chi connectivity index (χ3n) is 4.34. The Labute approximate surface area is 194 Å². The van der Waals surface area contributed by atoms with E-state index in [2.05, 4.69) is 20.2 Å². The lowest BCUT2D eigenvalue weighted by molar-refractivity contribution is 0.122. The minimum atomic E-state index is -1.67. The van der Waals surface area contributed by atoms with Crippen LogP contribution in [0.2, 0.25) is 0 Å². The van der Waals surface area contributed by atoms with Gasteiger partial charge in [-0.2, -0.15) is 0 Å². The number of anilines is 2. The van der Waals surface area contributed by atoms with Crippen molar-refractivity contribution in [3.63, 3.8) is 0 Å². The van der Waals surface area contributed by atoms with Crippen LogP contribution < -0.4 is 10.2 Å². The van der Waals surface area contributed by atoms with Crippen molar-refractivity contribution in [2.24, 2.45) is 0 Å². The minimum absolute atomic E-state index is 0.353. The summed E-state index contributed by atoms with van der Waals surface area (Å²) in [5.74, 6) is 0.854. The highest BCUT2D eigenvalue weighted by Crippen LogP contribution is 2.30. The standard InChI is InChI=1S/C19H21Cl3N4O3S/c1-12-3-4-13(23-18(27)29-11-19(20,21)22)9-14(12)15-10-16(25-17(24-15)30-2)26-5-7-28-8-6-26/h3-4,9-10H,5-8,11H2,1-2H3,(H,23,27). The summed E-state index contributed by atoms with van der Waals surface area (Å²) >= 11 is 18.3. The van der Waals surface area contributed by atoms with Crippen molar-refractivity contribution < 1.29 is 14.3 Å². The first-order chi connectivity index (χ1) is 14.2. The zero-order valence-corrected chi connectivity index (χ0v) is 19.5. The SMILES string of the molecule is CSc1nc(-c2cc(NC(=O)OCC(Cl)(Cl)Cl)ccc2C)cc(N2CCOCC2)n1. The zero-order chi connectivity index (χ0) is 21.7. The van der Waals surface area contributed by atoms with E-state index in [1.807, 2.05) is 31.4 Å². The number of amides is 1. The van der Waals surface area contributed by atoms with E-state index in [1.165, 1.54) is 11.8 Å². The van der Waals surface area contributed by atoms with Gasteiger partial charge in [-0.15, -0.1) is 0 Å². The molecule has 0 bridgehead atoms. The molecule has 7 nitrogen and oxygen atoms in total. The molecule has 0 spiro atoms. The zero-order valence-electron chi connectivity index (χ0n) is 16.5. The molecule has 0 aliphatic carbocycles. The molecule has 0 saturated carbocycles. The Hall–Kier alpha value is -1.45. The van der Waals surface area contributed by atoms with Gasteiger partial charge in [-0.25, -0.2) is 14.8 Å². The maximum absolute atomic E-state index is 12.0. The summed E-state index contributed by atoms with van der Waals surface area (Å²) in [5.41, 5.74) is 3.20. The van der Waals surface area contributed by atoms with Crippen molar-refractivity contribution >= 4 is 64.2 Å². The van der Waals surface area contributed by atoms with Crippen LogP contribution in [0.5, 0.6) is 0 Å². The van der Waals surface area contributed by atoms with Gasteiger partial charge in [0, 0.05) is 30.4 Å². The normalized spacial score (nSPS) is 14.5. The second-order valence-electron chi connectivity index (χ2n) is 6.54. The van der Waals surface area contributed by atoms with E-state index in [-0.39, 0.29) is 6.61 Å². The number of halogens is 3. The fraction of sp³-hybridized carbons (Fsp3) is 0.421. The molecular formula is C19H21Cl3N4O3S. The van der Waals surface area contributed by atoms with Crippen LogP contribution in [-0.2, 0) is 9.47 Å². The highest BCUT2D eigenvalue weighted by Gasteiger charge is 2.22. The molecular weight excluding hydrogens is 471 g/mol. The Morgan fingerprint density at radius 2 is 2.00 bits per heavy atom. The van der Waals surface area contributed by atoms with Crippen molar-refractivity contribution in [3.05, 3.63) is 29.8 Å². The molecule has 1 N–H and O–H groups in total. The number of carbonyl (C=O) groups is 1. The topological polar surface area (TPSA) is 76.6 Å². The summed E-state index contributed by atoms with van der Waals surface area (Å²) in [6.07, 6.45) is 1.23. The van der Waals surface area contributed by atoms with E-state index in [9.17, 15) is 4.79 Å². The number of ether oxygens (including phenoxy) is 2. The summed E-state index contributed by atoms with van der Waals surface area (Å²) in [7, 11) is 0. The molecule has 11 heteroatoms. The summed E-state index contributed by atoms with van der Waals surface area (Å²) in [6, 6.07) is 7.46. The van der Waals surface area contributed by atoms with Gasteiger partial charge in [0.15, 0.2) is 5.16 Å². The van der Waals surface area contributed by atoms with Crippen molar-refractivity contribution in [2.75, 3.05) is 49.4 Å². The first-order valence-corrected chi connectivity index (χ1v) is 11.5. The van der Waals surface area contributed by atoms with E-state index < -0.39 is 9.89 Å². The molecule has 1 aromatic carbocycles. The van der Waals surface area contributed by atoms with Gasteiger partial charge in [0.25, 0.3) is 0 Å². The second-order valence-corrected chi connectivity index (χ2v) is 9.83. The molecule has 162 valence electrons. The number of alkyl halides is 3. The number of thioether (sulfide) groups is 1. The second kappa shape index (κ2) is 10.2. The van der Waals surface area contributed by atoms with Gasteiger partial charge in [0.05, 0.1) is 18.9 Å². The Morgan fingerprint density at radius 1 is 1.27 bits per heavy atom. The fourth-order valence-corrected chi connectivity index (χ4v) is 3.41. The fourth-order valence-electron chi connectivity index (χ4n) is 2.87. The monoisotopic (exact) mass is 490 g/mol. The Balaban J connectivity index is 1.86. The molecule has 1 amide bonds. The molecule has 1 saturated heterocycles. The van der Waals surface area contributed by atoms with Crippen molar-refractivity contribution in [2.45, 2.75) is 15.9 Å². The quantitative estimate of drug-likeness (QED) is 0.361. The van der Waals surface area contributed by atoms with E-state index in [0.717, 1.165) is 35.7 Å². The van der Waals surface area contributed by atoms with Gasteiger partial charge in [0.2, 0.25) is 3.79 Å². The Bertz CT molecular complexity index is 905. The average molecular weight is 492 g/mol. The van der Waals surface area contributed by atoms with E-state index in [1.54, 1.807) is 6.07 Å². The van der Waals surface area contributed by atoms with Gasteiger partial charge < -0.3 is 14.4 Å². The molecule has 1 fully saturated rings. The van der Waals surface area contributed by atoms with E-state index >= 15 is 0 Å². The molecule has 30 heavy (non-hydrogen) atoms. The number of nitrogens with one attached hydrogen (secondary N) is 1. The summed E-state index contributed by atoms with van der Waals surface area (Å²) in [5, 5.41) is 3.32. The van der Waals surface area contributed by atoms with Crippen LogP contribution in [0.25, 0.3) is 11.3 Å². The third kappa shape index (κ3) is 6.52. The number of aryl methyl sites for hydroxylation is 1. The van der Waals surface area contributed by atoms with Gasteiger partial charge in [0.1, 0.15) is 12.4 Å². The van der Waals surface area contributed by atoms with Crippen LogP contribution in [0.15, 0.2) is 29.4 Å². The van der Waals surface area contributed by atoms with Crippen LogP contribution in [-0.4, -0.2) is 59.0 Å². The number of rotatable bonds is 5. The van der Waals surface area contributed by atoms with Crippen LogP contribution in [0.4, 0.5) is 16.3 Å². The average Bonchev–Trinajstić information content (AvgIpc) is 2.73. The van der Waals surface area contributed by atoms with Gasteiger partial charge in [-0.1, -0.05) is 52.6 Å². The first-order valence-electron chi connectivity index (χ1n) is 9.12. The summed E-state index contributed by atoms with van der Waals surface area (Å²) in [4.78, 5) is 23.5. The van der Waals surface area contributed by atoms with Gasteiger partial charge >= 0.3 is 6.09 Å². The molecule has 0 radical (unpaired) electrons. The Morgan fingerprint density at radius 3 is 2.67 bits per heavy atom. The number of morpholine rings is 1. The van der Waals surface area contributed by atoms with Gasteiger partial charge in [-0.05, 0) is 30.9 Å². The summed E-state index contributed by atoms with van der Waals surface area (Å²) < 4.78 is 8.70. The van der Waals surface area contributed by atoms with Crippen LogP contribution in [0.3, 0.4) is 0 Å². The smallest absolute Gasteiger partial charge is 0.411 e. The number of carbonyl (C=O) groups excluding carboxylic acids is 1. The van der Waals surface area contributed by atoms with Crippen molar-refractivity contribution in [1.82, 2.24) is 9.97 Å². The number of benzene rings is 1. The lowest BCUT2D eigenvalue weighted by Gasteiger charge is -2.28. The van der Waals surface area contributed by atoms with Crippen molar-refractivity contribution in [1.29, 1.82) is 0 Å².